The standard InChI is InChI=1S/C11H6O4/c12-5-8-7-3-1-2-4-10(7)15-11(14)9(8)6-13/h1-6H. The lowest BCUT2D eigenvalue weighted by molar-refractivity contribution is 0.109. The molecular formula is C11H6O4. The highest BCUT2D eigenvalue weighted by Crippen LogP contribution is 2.16. The van der Waals surface area contributed by atoms with Crippen LogP contribution in [0.15, 0.2) is 33.5 Å². The van der Waals surface area contributed by atoms with Crippen LogP contribution in [0.3, 0.4) is 0 Å². The van der Waals surface area contributed by atoms with Crippen LogP contribution in [-0.4, -0.2) is 12.6 Å². The van der Waals surface area contributed by atoms with E-state index in [1.165, 1.54) is 0 Å². The Bertz CT molecular complexity index is 595. The molecule has 0 amide bonds. The summed E-state index contributed by atoms with van der Waals surface area (Å²) < 4.78 is 4.88. The Hall–Kier alpha value is -2.23. The molecule has 0 spiro atoms. The van der Waals surface area contributed by atoms with Crippen molar-refractivity contribution in [3.8, 4) is 0 Å². The van der Waals surface area contributed by atoms with Crippen LogP contribution in [0.1, 0.15) is 20.7 Å². The zero-order valence-corrected chi connectivity index (χ0v) is 7.60. The number of aldehydes is 2. The van der Waals surface area contributed by atoms with Crippen LogP contribution in [0.5, 0.6) is 0 Å². The van der Waals surface area contributed by atoms with E-state index in [1.807, 2.05) is 0 Å². The minimum atomic E-state index is -0.786. The third-order valence-electron chi connectivity index (χ3n) is 2.13. The quantitative estimate of drug-likeness (QED) is 0.545. The molecule has 4 nitrogen and oxygen atoms in total. The minimum Gasteiger partial charge on any atom is -0.422 e. The predicted octanol–water partition coefficient (Wildman–Crippen LogP) is 1.42. The molecule has 15 heavy (non-hydrogen) atoms. The van der Waals surface area contributed by atoms with E-state index in [4.69, 9.17) is 4.42 Å². The maximum Gasteiger partial charge on any atom is 0.347 e. The minimum absolute atomic E-state index is 0.0804. The van der Waals surface area contributed by atoms with Crippen molar-refractivity contribution < 1.29 is 14.0 Å². The van der Waals surface area contributed by atoms with E-state index >= 15 is 0 Å². The lowest BCUT2D eigenvalue weighted by Crippen LogP contribution is -2.10. The van der Waals surface area contributed by atoms with Gasteiger partial charge in [0, 0.05) is 10.9 Å². The molecule has 0 bridgehead atoms. The Morgan fingerprint density at radius 1 is 1.00 bits per heavy atom. The van der Waals surface area contributed by atoms with E-state index in [9.17, 15) is 14.4 Å². The summed E-state index contributed by atoms with van der Waals surface area (Å²) in [6.45, 7) is 0. The molecule has 0 saturated carbocycles. The molecule has 0 saturated heterocycles. The number of hydrogen-bond donors (Lipinski definition) is 0. The second kappa shape index (κ2) is 3.49. The van der Waals surface area contributed by atoms with Crippen molar-refractivity contribution in [3.63, 3.8) is 0 Å². The molecule has 0 aliphatic carbocycles. The smallest absolute Gasteiger partial charge is 0.347 e. The average molecular weight is 202 g/mol. The Morgan fingerprint density at radius 2 is 1.67 bits per heavy atom. The summed E-state index contributed by atoms with van der Waals surface area (Å²) in [4.78, 5) is 32.7. The van der Waals surface area contributed by atoms with E-state index in [1.54, 1.807) is 24.3 Å². The largest absolute Gasteiger partial charge is 0.422 e. The van der Waals surface area contributed by atoms with E-state index in [0.29, 0.717) is 23.5 Å². The second-order valence-electron chi connectivity index (χ2n) is 2.95. The molecule has 0 N–H and O–H groups in total. The third kappa shape index (κ3) is 1.36. The fourth-order valence-electron chi connectivity index (χ4n) is 1.43. The lowest BCUT2D eigenvalue weighted by Gasteiger charge is -2.00. The summed E-state index contributed by atoms with van der Waals surface area (Å²) in [5, 5.41) is 0.467. The zero-order valence-electron chi connectivity index (χ0n) is 7.60. The van der Waals surface area contributed by atoms with Crippen molar-refractivity contribution in [2.45, 2.75) is 0 Å². The molecule has 2 rings (SSSR count). The first-order chi connectivity index (χ1) is 7.27. The number of hydrogen-bond acceptors (Lipinski definition) is 4. The molecule has 1 heterocycles. The molecular weight excluding hydrogens is 196 g/mol. The molecule has 1 aromatic carbocycles. The van der Waals surface area contributed by atoms with Crippen molar-refractivity contribution >= 4 is 23.5 Å². The van der Waals surface area contributed by atoms with Gasteiger partial charge >= 0.3 is 5.63 Å². The topological polar surface area (TPSA) is 64.3 Å². The SMILES string of the molecule is O=Cc1c(C=O)c2ccccc2oc1=O. The van der Waals surface area contributed by atoms with Crippen LogP contribution in [0.4, 0.5) is 0 Å². The van der Waals surface area contributed by atoms with Crippen LogP contribution in [0, 0.1) is 0 Å². The summed E-state index contributed by atoms with van der Waals surface area (Å²) >= 11 is 0. The summed E-state index contributed by atoms with van der Waals surface area (Å²) in [6, 6.07) is 6.57. The van der Waals surface area contributed by atoms with Crippen LogP contribution in [0.2, 0.25) is 0 Å². The first-order valence-corrected chi connectivity index (χ1v) is 4.24. The fourth-order valence-corrected chi connectivity index (χ4v) is 1.43. The summed E-state index contributed by atoms with van der Waals surface area (Å²) in [5.74, 6) is 0. The Labute approximate surface area is 84.1 Å². The number of para-hydroxylation sites is 1. The van der Waals surface area contributed by atoms with E-state index in [0.717, 1.165) is 0 Å². The van der Waals surface area contributed by atoms with Gasteiger partial charge in [0.05, 0.1) is 0 Å². The molecule has 4 heteroatoms. The molecule has 0 aliphatic heterocycles. The molecule has 2 aromatic rings. The number of carbonyl (C=O) groups excluding carboxylic acids is 2. The third-order valence-corrected chi connectivity index (χ3v) is 2.13. The maximum absolute atomic E-state index is 11.3. The van der Waals surface area contributed by atoms with E-state index in [-0.39, 0.29) is 11.1 Å². The van der Waals surface area contributed by atoms with Gasteiger partial charge in [-0.15, -0.1) is 0 Å². The van der Waals surface area contributed by atoms with Crippen LogP contribution in [-0.2, 0) is 0 Å². The molecule has 0 fully saturated rings. The molecule has 0 aliphatic rings. The van der Waals surface area contributed by atoms with Crippen molar-refractivity contribution in [1.82, 2.24) is 0 Å². The number of rotatable bonds is 2. The van der Waals surface area contributed by atoms with Gasteiger partial charge in [-0.2, -0.15) is 0 Å². The fraction of sp³-hybridized carbons (Fsp3) is 0. The van der Waals surface area contributed by atoms with E-state index in [2.05, 4.69) is 0 Å². The molecule has 0 atom stereocenters. The van der Waals surface area contributed by atoms with Gasteiger partial charge in [-0.3, -0.25) is 9.59 Å². The number of carbonyl (C=O) groups is 2. The van der Waals surface area contributed by atoms with Crippen LogP contribution >= 0.6 is 0 Å². The van der Waals surface area contributed by atoms with Crippen LogP contribution in [0.25, 0.3) is 11.0 Å². The first-order valence-electron chi connectivity index (χ1n) is 4.24. The average Bonchev–Trinajstić information content (AvgIpc) is 2.27. The second-order valence-corrected chi connectivity index (χ2v) is 2.95. The van der Waals surface area contributed by atoms with Gasteiger partial charge in [0.2, 0.25) is 0 Å². The predicted molar refractivity (Wildman–Crippen MR) is 53.3 cm³/mol. The van der Waals surface area contributed by atoms with Gasteiger partial charge in [0.25, 0.3) is 0 Å². The summed E-state index contributed by atoms with van der Waals surface area (Å²) in [5.41, 5.74) is -0.637. The summed E-state index contributed by atoms with van der Waals surface area (Å²) in [7, 11) is 0. The highest BCUT2D eigenvalue weighted by Gasteiger charge is 2.12. The Balaban J connectivity index is 3.04. The first kappa shape index (κ1) is 9.33. The van der Waals surface area contributed by atoms with Gasteiger partial charge in [0.15, 0.2) is 12.6 Å². The molecule has 0 radical (unpaired) electrons. The normalized spacial score (nSPS) is 10.1. The van der Waals surface area contributed by atoms with Gasteiger partial charge < -0.3 is 4.42 Å². The van der Waals surface area contributed by atoms with Crippen LogP contribution < -0.4 is 5.63 Å². The van der Waals surface area contributed by atoms with Crippen molar-refractivity contribution in [1.29, 1.82) is 0 Å². The zero-order chi connectivity index (χ0) is 10.8. The maximum atomic E-state index is 11.3. The summed E-state index contributed by atoms with van der Waals surface area (Å²) in [6.07, 6.45) is 0.824. The van der Waals surface area contributed by atoms with Gasteiger partial charge in [0.1, 0.15) is 11.1 Å². The van der Waals surface area contributed by atoms with Gasteiger partial charge in [-0.05, 0) is 6.07 Å². The highest BCUT2D eigenvalue weighted by atomic mass is 16.4. The Morgan fingerprint density at radius 3 is 2.33 bits per heavy atom. The Kier molecular flexibility index (Phi) is 2.17. The highest BCUT2D eigenvalue weighted by molar-refractivity contribution is 6.02. The van der Waals surface area contributed by atoms with Gasteiger partial charge in [-0.1, -0.05) is 18.2 Å². The van der Waals surface area contributed by atoms with Gasteiger partial charge in [-0.25, -0.2) is 4.79 Å². The van der Waals surface area contributed by atoms with E-state index < -0.39 is 5.63 Å². The van der Waals surface area contributed by atoms with Crippen molar-refractivity contribution in [2.24, 2.45) is 0 Å². The number of fused-ring (bicyclic) bond motifs is 1. The van der Waals surface area contributed by atoms with Crippen molar-refractivity contribution in [2.75, 3.05) is 0 Å². The molecule has 74 valence electrons. The number of benzene rings is 1. The lowest BCUT2D eigenvalue weighted by atomic mass is 10.1. The molecule has 1 aromatic heterocycles. The monoisotopic (exact) mass is 202 g/mol. The van der Waals surface area contributed by atoms with Crippen molar-refractivity contribution in [3.05, 3.63) is 45.8 Å². The molecule has 0 unspecified atom stereocenters.